The summed E-state index contributed by atoms with van der Waals surface area (Å²) in [6.07, 6.45) is 5.88. The van der Waals surface area contributed by atoms with Crippen LogP contribution in [0.3, 0.4) is 0 Å². The standard InChI is InChI=1S/C18H26N2O3/c21-18(22)20-13-5-7-15-16(20)8-4-9-17(15)23-14-6-12-19-10-2-1-3-11-19/h4,8-9H,1-3,5-7,10-14H2,(H,21,22). The number of carbonyl (C=O) groups is 1. The quantitative estimate of drug-likeness (QED) is 0.846. The van der Waals surface area contributed by atoms with Gasteiger partial charge in [-0.3, -0.25) is 4.90 Å². The average molecular weight is 318 g/mol. The smallest absolute Gasteiger partial charge is 0.411 e. The van der Waals surface area contributed by atoms with E-state index >= 15 is 0 Å². The van der Waals surface area contributed by atoms with Crippen molar-refractivity contribution in [2.24, 2.45) is 0 Å². The summed E-state index contributed by atoms with van der Waals surface area (Å²) in [5.74, 6) is 0.854. The number of likely N-dealkylation sites (tertiary alicyclic amines) is 1. The van der Waals surface area contributed by atoms with Crippen LogP contribution in [0.2, 0.25) is 0 Å². The molecule has 0 radical (unpaired) electrons. The molecule has 0 spiro atoms. The van der Waals surface area contributed by atoms with Crippen LogP contribution in [0.4, 0.5) is 10.5 Å². The first-order chi connectivity index (χ1) is 11.3. The van der Waals surface area contributed by atoms with Gasteiger partial charge < -0.3 is 14.7 Å². The molecule has 5 nitrogen and oxygen atoms in total. The zero-order chi connectivity index (χ0) is 16.1. The van der Waals surface area contributed by atoms with Gasteiger partial charge in [-0.1, -0.05) is 12.5 Å². The minimum atomic E-state index is -0.881. The predicted octanol–water partition coefficient (Wildman–Crippen LogP) is 3.37. The first kappa shape index (κ1) is 16.1. The SMILES string of the molecule is O=C(O)N1CCCc2c(OCCCN3CCCCC3)cccc21. The number of hydrogen-bond acceptors (Lipinski definition) is 3. The molecule has 0 atom stereocenters. The van der Waals surface area contributed by atoms with E-state index in [1.165, 1.54) is 37.3 Å². The van der Waals surface area contributed by atoms with E-state index in [9.17, 15) is 9.90 Å². The molecule has 23 heavy (non-hydrogen) atoms. The molecular weight excluding hydrogens is 292 g/mol. The summed E-state index contributed by atoms with van der Waals surface area (Å²) in [5.41, 5.74) is 1.83. The molecule has 3 rings (SSSR count). The molecule has 0 saturated carbocycles. The van der Waals surface area contributed by atoms with Crippen LogP contribution in [0, 0.1) is 0 Å². The van der Waals surface area contributed by atoms with E-state index in [1.54, 1.807) is 0 Å². The monoisotopic (exact) mass is 318 g/mol. The summed E-state index contributed by atoms with van der Waals surface area (Å²) in [4.78, 5) is 15.3. The van der Waals surface area contributed by atoms with Gasteiger partial charge in [-0.2, -0.15) is 0 Å². The predicted molar refractivity (Wildman–Crippen MR) is 90.5 cm³/mol. The van der Waals surface area contributed by atoms with Crippen LogP contribution in [0.25, 0.3) is 0 Å². The molecule has 2 aliphatic heterocycles. The number of hydrogen-bond donors (Lipinski definition) is 1. The van der Waals surface area contributed by atoms with E-state index in [0.717, 1.165) is 42.8 Å². The third-order valence-electron chi connectivity index (χ3n) is 4.76. The van der Waals surface area contributed by atoms with Crippen molar-refractivity contribution in [3.63, 3.8) is 0 Å². The molecule has 0 bridgehead atoms. The fourth-order valence-electron chi connectivity index (χ4n) is 3.58. The number of piperidine rings is 1. The number of amides is 1. The zero-order valence-corrected chi connectivity index (χ0v) is 13.7. The average Bonchev–Trinajstić information content (AvgIpc) is 2.59. The third-order valence-corrected chi connectivity index (χ3v) is 4.76. The van der Waals surface area contributed by atoms with Crippen LogP contribution in [0.15, 0.2) is 18.2 Å². The van der Waals surface area contributed by atoms with Gasteiger partial charge in [0, 0.05) is 18.7 Å². The Labute approximate surface area is 137 Å². The molecule has 2 heterocycles. The molecule has 2 aliphatic rings. The van der Waals surface area contributed by atoms with E-state index in [-0.39, 0.29) is 0 Å². The van der Waals surface area contributed by atoms with Gasteiger partial charge in [-0.15, -0.1) is 0 Å². The Hall–Kier alpha value is -1.75. The van der Waals surface area contributed by atoms with Crippen molar-refractivity contribution in [1.82, 2.24) is 4.90 Å². The lowest BCUT2D eigenvalue weighted by Gasteiger charge is -2.28. The fraction of sp³-hybridized carbons (Fsp3) is 0.611. The summed E-state index contributed by atoms with van der Waals surface area (Å²) in [7, 11) is 0. The first-order valence-corrected chi connectivity index (χ1v) is 8.73. The Bertz CT molecular complexity index is 541. The Morgan fingerprint density at radius 1 is 1.13 bits per heavy atom. The third kappa shape index (κ3) is 3.96. The normalized spacial score (nSPS) is 18.5. The van der Waals surface area contributed by atoms with Gasteiger partial charge >= 0.3 is 6.09 Å². The molecule has 0 aromatic heterocycles. The summed E-state index contributed by atoms with van der Waals surface area (Å²) in [6, 6.07) is 5.73. The van der Waals surface area contributed by atoms with Crippen LogP contribution < -0.4 is 9.64 Å². The number of nitrogens with zero attached hydrogens (tertiary/aromatic N) is 2. The number of ether oxygens (including phenoxy) is 1. The molecule has 1 aromatic carbocycles. The van der Waals surface area contributed by atoms with Crippen LogP contribution in [-0.2, 0) is 6.42 Å². The van der Waals surface area contributed by atoms with Crippen LogP contribution in [0.1, 0.15) is 37.7 Å². The molecule has 0 unspecified atom stereocenters. The van der Waals surface area contributed by atoms with Crippen LogP contribution in [-0.4, -0.2) is 48.9 Å². The van der Waals surface area contributed by atoms with E-state index in [1.807, 2.05) is 18.2 Å². The van der Waals surface area contributed by atoms with Gasteiger partial charge in [0.25, 0.3) is 0 Å². The maximum atomic E-state index is 11.3. The maximum Gasteiger partial charge on any atom is 0.411 e. The molecule has 1 amide bonds. The molecule has 1 fully saturated rings. The first-order valence-electron chi connectivity index (χ1n) is 8.73. The number of fused-ring (bicyclic) bond motifs is 1. The van der Waals surface area contributed by atoms with Crippen molar-refractivity contribution in [1.29, 1.82) is 0 Å². The molecule has 126 valence electrons. The van der Waals surface area contributed by atoms with Gasteiger partial charge in [0.1, 0.15) is 5.75 Å². The minimum absolute atomic E-state index is 0.570. The number of rotatable bonds is 5. The summed E-state index contributed by atoms with van der Waals surface area (Å²) in [6.45, 7) is 4.79. The van der Waals surface area contributed by atoms with Crippen molar-refractivity contribution in [3.05, 3.63) is 23.8 Å². The summed E-state index contributed by atoms with van der Waals surface area (Å²) >= 11 is 0. The summed E-state index contributed by atoms with van der Waals surface area (Å²) < 4.78 is 5.98. The lowest BCUT2D eigenvalue weighted by atomic mass is 10.0. The van der Waals surface area contributed by atoms with E-state index in [2.05, 4.69) is 4.90 Å². The highest BCUT2D eigenvalue weighted by molar-refractivity contribution is 5.88. The molecule has 0 aliphatic carbocycles. The van der Waals surface area contributed by atoms with E-state index in [4.69, 9.17) is 4.74 Å². The lowest BCUT2D eigenvalue weighted by Crippen LogP contribution is -2.34. The Kier molecular flexibility index (Phi) is 5.39. The lowest BCUT2D eigenvalue weighted by molar-refractivity contribution is 0.200. The van der Waals surface area contributed by atoms with E-state index < -0.39 is 6.09 Å². The van der Waals surface area contributed by atoms with Gasteiger partial charge in [-0.05, 0) is 57.3 Å². The van der Waals surface area contributed by atoms with Gasteiger partial charge in [0.2, 0.25) is 0 Å². The molecular formula is C18H26N2O3. The highest BCUT2D eigenvalue weighted by atomic mass is 16.5. The topological polar surface area (TPSA) is 53.0 Å². The van der Waals surface area contributed by atoms with E-state index in [0.29, 0.717) is 13.2 Å². The fourth-order valence-corrected chi connectivity index (χ4v) is 3.58. The maximum absolute atomic E-state index is 11.3. The van der Waals surface area contributed by atoms with Gasteiger partial charge in [0.05, 0.1) is 12.3 Å². The molecule has 1 aromatic rings. The molecule has 5 heteroatoms. The van der Waals surface area contributed by atoms with Crippen molar-refractivity contribution >= 4 is 11.8 Å². The zero-order valence-electron chi connectivity index (χ0n) is 13.7. The van der Waals surface area contributed by atoms with Crippen molar-refractivity contribution in [3.8, 4) is 5.75 Å². The number of carboxylic acid groups (broad SMARTS) is 1. The molecule has 1 saturated heterocycles. The second kappa shape index (κ2) is 7.68. The number of anilines is 1. The highest BCUT2D eigenvalue weighted by Gasteiger charge is 2.24. The summed E-state index contributed by atoms with van der Waals surface area (Å²) in [5, 5.41) is 9.31. The second-order valence-electron chi connectivity index (χ2n) is 6.40. The van der Waals surface area contributed by atoms with Crippen molar-refractivity contribution in [2.75, 3.05) is 37.7 Å². The largest absolute Gasteiger partial charge is 0.493 e. The van der Waals surface area contributed by atoms with Gasteiger partial charge in [0.15, 0.2) is 0 Å². The number of benzene rings is 1. The highest BCUT2D eigenvalue weighted by Crippen LogP contribution is 2.34. The van der Waals surface area contributed by atoms with Gasteiger partial charge in [-0.25, -0.2) is 4.79 Å². The van der Waals surface area contributed by atoms with Crippen molar-refractivity contribution in [2.45, 2.75) is 38.5 Å². The van der Waals surface area contributed by atoms with Crippen LogP contribution in [0.5, 0.6) is 5.75 Å². The van der Waals surface area contributed by atoms with Crippen molar-refractivity contribution < 1.29 is 14.6 Å². The Morgan fingerprint density at radius 2 is 1.96 bits per heavy atom. The Morgan fingerprint density at radius 3 is 2.74 bits per heavy atom. The Balaban J connectivity index is 1.56. The molecule has 1 N–H and O–H groups in total. The minimum Gasteiger partial charge on any atom is -0.493 e. The van der Waals surface area contributed by atoms with Crippen LogP contribution >= 0.6 is 0 Å². The second-order valence-corrected chi connectivity index (χ2v) is 6.40.